The van der Waals surface area contributed by atoms with E-state index in [0.717, 1.165) is 18.9 Å². The highest BCUT2D eigenvalue weighted by molar-refractivity contribution is 4.71. The van der Waals surface area contributed by atoms with Crippen LogP contribution in [0.5, 0.6) is 0 Å². The molecule has 0 aliphatic rings. The van der Waals surface area contributed by atoms with E-state index in [0.29, 0.717) is 6.04 Å². The molecule has 2 unspecified atom stereocenters. The second kappa shape index (κ2) is 7.35. The van der Waals surface area contributed by atoms with Gasteiger partial charge < -0.3 is 5.32 Å². The van der Waals surface area contributed by atoms with Gasteiger partial charge in [0.25, 0.3) is 0 Å². The van der Waals surface area contributed by atoms with E-state index in [2.05, 4.69) is 32.7 Å². The summed E-state index contributed by atoms with van der Waals surface area (Å²) in [5, 5.41) is 3.45. The van der Waals surface area contributed by atoms with Gasteiger partial charge >= 0.3 is 0 Å². The summed E-state index contributed by atoms with van der Waals surface area (Å²) in [5.41, 5.74) is 0. The Labute approximate surface area is 77.2 Å². The molecule has 0 aromatic carbocycles. The molecular weight excluding hydrogens is 146 g/mol. The molecule has 0 radical (unpaired) electrons. The van der Waals surface area contributed by atoms with Crippen LogP contribution in [0, 0.1) is 5.92 Å². The van der Waals surface area contributed by atoms with Gasteiger partial charge in [0.1, 0.15) is 0 Å². The Morgan fingerprint density at radius 2 is 2.08 bits per heavy atom. The lowest BCUT2D eigenvalue weighted by Gasteiger charge is -2.20. The average Bonchev–Trinajstić information content (AvgIpc) is 2.05. The first-order valence-corrected chi connectivity index (χ1v) is 5.06. The fourth-order valence-corrected chi connectivity index (χ4v) is 1.36. The topological polar surface area (TPSA) is 12.0 Å². The predicted octanol–water partition coefficient (Wildman–Crippen LogP) is 2.98. The van der Waals surface area contributed by atoms with Crippen LogP contribution in [-0.2, 0) is 0 Å². The molecule has 1 N–H and O–H groups in total. The van der Waals surface area contributed by atoms with Gasteiger partial charge in [-0.15, -0.1) is 6.58 Å². The van der Waals surface area contributed by atoms with Crippen LogP contribution in [-0.4, -0.2) is 12.6 Å². The van der Waals surface area contributed by atoms with E-state index in [1.54, 1.807) is 0 Å². The van der Waals surface area contributed by atoms with Gasteiger partial charge in [0.15, 0.2) is 0 Å². The van der Waals surface area contributed by atoms with Crippen LogP contribution in [0.15, 0.2) is 12.7 Å². The van der Waals surface area contributed by atoms with Crippen LogP contribution in [0.1, 0.15) is 40.0 Å². The zero-order valence-electron chi connectivity index (χ0n) is 8.77. The van der Waals surface area contributed by atoms with Gasteiger partial charge in [0.05, 0.1) is 0 Å². The van der Waals surface area contributed by atoms with Gasteiger partial charge in [-0.1, -0.05) is 19.9 Å². The van der Waals surface area contributed by atoms with Gasteiger partial charge in [-0.05, 0) is 38.6 Å². The fraction of sp³-hybridized carbons (Fsp3) is 0.818. The zero-order valence-corrected chi connectivity index (χ0v) is 8.77. The van der Waals surface area contributed by atoms with Gasteiger partial charge in [0, 0.05) is 6.04 Å². The van der Waals surface area contributed by atoms with Crippen LogP contribution >= 0.6 is 0 Å². The number of nitrogens with one attached hydrogen (secondary N) is 1. The maximum atomic E-state index is 3.72. The Bertz CT molecular complexity index is 110. The Kier molecular flexibility index (Phi) is 7.17. The van der Waals surface area contributed by atoms with Crippen LogP contribution in [0.4, 0.5) is 0 Å². The van der Waals surface area contributed by atoms with Crippen molar-refractivity contribution in [1.82, 2.24) is 5.32 Å². The molecule has 1 nitrogen and oxygen atoms in total. The number of hydrogen-bond donors (Lipinski definition) is 1. The van der Waals surface area contributed by atoms with E-state index in [9.17, 15) is 0 Å². The van der Waals surface area contributed by atoms with Gasteiger partial charge in [-0.3, -0.25) is 0 Å². The van der Waals surface area contributed by atoms with Crippen LogP contribution in [0.25, 0.3) is 0 Å². The highest BCUT2D eigenvalue weighted by atomic mass is 14.9. The van der Waals surface area contributed by atoms with Crippen LogP contribution in [0.2, 0.25) is 0 Å². The van der Waals surface area contributed by atoms with Crippen molar-refractivity contribution in [2.45, 2.75) is 46.1 Å². The maximum Gasteiger partial charge on any atom is 0.00642 e. The van der Waals surface area contributed by atoms with Crippen molar-refractivity contribution >= 4 is 0 Å². The molecule has 12 heavy (non-hydrogen) atoms. The first-order chi connectivity index (χ1) is 5.72. The number of unbranched alkanes of at least 4 members (excludes halogenated alkanes) is 1. The van der Waals surface area contributed by atoms with Gasteiger partial charge in [-0.2, -0.15) is 0 Å². The summed E-state index contributed by atoms with van der Waals surface area (Å²) >= 11 is 0. The number of allylic oxidation sites excluding steroid dienone is 1. The lowest BCUT2D eigenvalue weighted by molar-refractivity contribution is 0.379. The van der Waals surface area contributed by atoms with E-state index in [1.807, 2.05) is 6.08 Å². The minimum absolute atomic E-state index is 0.653. The highest BCUT2D eigenvalue weighted by Crippen LogP contribution is 2.11. The Hall–Kier alpha value is -0.300. The molecule has 2 atom stereocenters. The van der Waals surface area contributed by atoms with Crippen molar-refractivity contribution in [2.75, 3.05) is 6.54 Å². The molecule has 0 amide bonds. The minimum atomic E-state index is 0.653. The van der Waals surface area contributed by atoms with Crippen LogP contribution < -0.4 is 5.32 Å². The molecule has 72 valence electrons. The molecule has 0 heterocycles. The van der Waals surface area contributed by atoms with E-state index in [-0.39, 0.29) is 0 Å². The third-order valence-corrected chi connectivity index (χ3v) is 2.45. The Morgan fingerprint density at radius 1 is 1.42 bits per heavy atom. The molecule has 0 aliphatic heterocycles. The second-order valence-electron chi connectivity index (χ2n) is 3.54. The number of rotatable bonds is 7. The highest BCUT2D eigenvalue weighted by Gasteiger charge is 2.09. The molecule has 0 saturated carbocycles. The monoisotopic (exact) mass is 169 g/mol. The zero-order chi connectivity index (χ0) is 9.40. The van der Waals surface area contributed by atoms with Crippen LogP contribution in [0.3, 0.4) is 0 Å². The third-order valence-electron chi connectivity index (χ3n) is 2.45. The molecule has 0 spiro atoms. The summed E-state index contributed by atoms with van der Waals surface area (Å²) in [6.07, 6.45) is 5.74. The largest absolute Gasteiger partial charge is 0.314 e. The second-order valence-corrected chi connectivity index (χ2v) is 3.54. The third kappa shape index (κ3) is 5.36. The van der Waals surface area contributed by atoms with E-state index < -0.39 is 0 Å². The Balaban J connectivity index is 3.41. The summed E-state index contributed by atoms with van der Waals surface area (Å²) in [7, 11) is 0. The smallest absolute Gasteiger partial charge is 0.00642 e. The SMILES string of the molecule is C=CCCCC(C)C(C)NCC. The van der Waals surface area contributed by atoms with E-state index in [4.69, 9.17) is 0 Å². The van der Waals surface area contributed by atoms with Crippen molar-refractivity contribution < 1.29 is 0 Å². The molecule has 1 heteroatoms. The summed E-state index contributed by atoms with van der Waals surface area (Å²) in [6.45, 7) is 11.5. The minimum Gasteiger partial charge on any atom is -0.314 e. The van der Waals surface area contributed by atoms with Gasteiger partial charge in [-0.25, -0.2) is 0 Å². The predicted molar refractivity (Wildman–Crippen MR) is 56.4 cm³/mol. The lowest BCUT2D eigenvalue weighted by Crippen LogP contribution is -2.31. The first-order valence-electron chi connectivity index (χ1n) is 5.06. The molecular formula is C11H23N. The van der Waals surface area contributed by atoms with E-state index in [1.165, 1.54) is 12.8 Å². The molecule has 0 rings (SSSR count). The lowest BCUT2D eigenvalue weighted by atomic mass is 9.97. The fourth-order valence-electron chi connectivity index (χ4n) is 1.36. The average molecular weight is 169 g/mol. The molecule has 0 aliphatic carbocycles. The quantitative estimate of drug-likeness (QED) is 0.456. The molecule has 0 aromatic rings. The molecule has 0 bridgehead atoms. The summed E-state index contributed by atoms with van der Waals surface area (Å²) in [6, 6.07) is 0.653. The molecule has 0 fully saturated rings. The molecule has 0 saturated heterocycles. The van der Waals surface area contributed by atoms with Crippen molar-refractivity contribution in [3.8, 4) is 0 Å². The van der Waals surface area contributed by atoms with Crippen molar-refractivity contribution in [2.24, 2.45) is 5.92 Å². The van der Waals surface area contributed by atoms with Gasteiger partial charge in [0.2, 0.25) is 0 Å². The summed E-state index contributed by atoms with van der Waals surface area (Å²) in [4.78, 5) is 0. The normalized spacial score (nSPS) is 15.6. The Morgan fingerprint density at radius 3 is 2.58 bits per heavy atom. The van der Waals surface area contributed by atoms with Crippen molar-refractivity contribution in [3.63, 3.8) is 0 Å². The molecule has 0 aromatic heterocycles. The number of hydrogen-bond acceptors (Lipinski definition) is 1. The summed E-state index contributed by atoms with van der Waals surface area (Å²) < 4.78 is 0. The van der Waals surface area contributed by atoms with E-state index >= 15 is 0 Å². The van der Waals surface area contributed by atoms with Crippen molar-refractivity contribution in [3.05, 3.63) is 12.7 Å². The first kappa shape index (κ1) is 11.7. The summed E-state index contributed by atoms with van der Waals surface area (Å²) in [5.74, 6) is 0.782. The standard InChI is InChI=1S/C11H23N/c1-5-7-8-9-10(3)11(4)12-6-2/h5,10-12H,1,6-9H2,2-4H3. The maximum absolute atomic E-state index is 3.72. The van der Waals surface area contributed by atoms with Crippen molar-refractivity contribution in [1.29, 1.82) is 0 Å².